The standard InChI is InChI=1S/C17H24N4O2S/c1-5-18-17(20-10-16-12(2)21-11-24-16)19-9-13-6-7-14(22-3)15(8-13)23-4/h6-8,11H,5,9-10H2,1-4H3,(H2,18,19,20). The molecule has 0 saturated heterocycles. The van der Waals surface area contributed by atoms with Gasteiger partial charge in [0.05, 0.1) is 38.5 Å². The number of hydrogen-bond acceptors (Lipinski definition) is 5. The van der Waals surface area contributed by atoms with Gasteiger partial charge in [-0.15, -0.1) is 11.3 Å². The number of aliphatic imine (C=N–C) groups is 1. The molecule has 0 aliphatic rings. The van der Waals surface area contributed by atoms with Crippen LogP contribution in [0.4, 0.5) is 0 Å². The summed E-state index contributed by atoms with van der Waals surface area (Å²) in [5.74, 6) is 2.21. The summed E-state index contributed by atoms with van der Waals surface area (Å²) >= 11 is 1.65. The van der Waals surface area contributed by atoms with Crippen LogP contribution in [0.3, 0.4) is 0 Å². The minimum atomic E-state index is 0.553. The van der Waals surface area contributed by atoms with Crippen LogP contribution in [0.2, 0.25) is 0 Å². The molecule has 2 aromatic rings. The Labute approximate surface area is 146 Å². The number of guanidine groups is 1. The van der Waals surface area contributed by atoms with Gasteiger partial charge in [-0.05, 0) is 31.5 Å². The minimum Gasteiger partial charge on any atom is -0.493 e. The number of nitrogens with zero attached hydrogens (tertiary/aromatic N) is 2. The molecule has 7 heteroatoms. The maximum atomic E-state index is 5.33. The van der Waals surface area contributed by atoms with Gasteiger partial charge in [-0.1, -0.05) is 6.07 Å². The zero-order valence-electron chi connectivity index (χ0n) is 14.5. The van der Waals surface area contributed by atoms with E-state index in [9.17, 15) is 0 Å². The Bertz CT molecular complexity index is 685. The van der Waals surface area contributed by atoms with Gasteiger partial charge in [0.25, 0.3) is 0 Å². The first-order valence-electron chi connectivity index (χ1n) is 7.80. The molecular weight excluding hydrogens is 324 g/mol. The summed E-state index contributed by atoms with van der Waals surface area (Å²) in [6.45, 7) is 6.14. The maximum Gasteiger partial charge on any atom is 0.191 e. The van der Waals surface area contributed by atoms with E-state index < -0.39 is 0 Å². The third kappa shape index (κ3) is 4.86. The molecule has 6 nitrogen and oxygen atoms in total. The van der Waals surface area contributed by atoms with Gasteiger partial charge >= 0.3 is 0 Å². The molecule has 1 aromatic carbocycles. The molecule has 0 atom stereocenters. The van der Waals surface area contributed by atoms with Crippen molar-refractivity contribution in [2.24, 2.45) is 4.99 Å². The molecule has 0 radical (unpaired) electrons. The van der Waals surface area contributed by atoms with Gasteiger partial charge in [0.15, 0.2) is 17.5 Å². The van der Waals surface area contributed by atoms with Gasteiger partial charge in [-0.3, -0.25) is 0 Å². The Morgan fingerprint density at radius 1 is 1.21 bits per heavy atom. The Morgan fingerprint density at radius 2 is 2.00 bits per heavy atom. The first kappa shape index (κ1) is 18.1. The van der Waals surface area contributed by atoms with Crippen LogP contribution in [0.1, 0.15) is 23.1 Å². The maximum absolute atomic E-state index is 5.33. The highest BCUT2D eigenvalue weighted by atomic mass is 32.1. The molecule has 0 unspecified atom stereocenters. The molecule has 130 valence electrons. The van der Waals surface area contributed by atoms with E-state index in [1.54, 1.807) is 25.6 Å². The predicted molar refractivity (Wildman–Crippen MR) is 98.1 cm³/mol. The van der Waals surface area contributed by atoms with Gasteiger partial charge in [0.2, 0.25) is 0 Å². The molecule has 0 amide bonds. The fourth-order valence-corrected chi connectivity index (χ4v) is 2.87. The molecule has 2 N–H and O–H groups in total. The lowest BCUT2D eigenvalue weighted by Crippen LogP contribution is -2.36. The van der Waals surface area contributed by atoms with E-state index in [2.05, 4.69) is 20.6 Å². The second-order valence-electron chi connectivity index (χ2n) is 5.10. The van der Waals surface area contributed by atoms with Crippen molar-refractivity contribution in [3.05, 3.63) is 39.8 Å². The van der Waals surface area contributed by atoms with Gasteiger partial charge in [0, 0.05) is 11.4 Å². The van der Waals surface area contributed by atoms with Crippen molar-refractivity contribution in [1.82, 2.24) is 15.6 Å². The summed E-state index contributed by atoms with van der Waals surface area (Å²) in [7, 11) is 3.26. The average Bonchev–Trinajstić information content (AvgIpc) is 3.02. The lowest BCUT2D eigenvalue weighted by molar-refractivity contribution is 0.354. The van der Waals surface area contributed by atoms with E-state index in [-0.39, 0.29) is 0 Å². The highest BCUT2D eigenvalue weighted by Gasteiger charge is 2.06. The Kier molecular flexibility index (Phi) is 6.87. The summed E-state index contributed by atoms with van der Waals surface area (Å²) < 4.78 is 10.6. The summed E-state index contributed by atoms with van der Waals surface area (Å²) in [6, 6.07) is 5.83. The number of methoxy groups -OCH3 is 2. The number of ether oxygens (including phenoxy) is 2. The summed E-state index contributed by atoms with van der Waals surface area (Å²) in [4.78, 5) is 10.1. The summed E-state index contributed by atoms with van der Waals surface area (Å²) in [6.07, 6.45) is 0. The van der Waals surface area contributed by atoms with E-state index in [0.29, 0.717) is 18.8 Å². The minimum absolute atomic E-state index is 0.553. The van der Waals surface area contributed by atoms with Crippen molar-refractivity contribution in [1.29, 1.82) is 0 Å². The van der Waals surface area contributed by atoms with Crippen LogP contribution in [0.5, 0.6) is 11.5 Å². The highest BCUT2D eigenvalue weighted by molar-refractivity contribution is 7.09. The lowest BCUT2D eigenvalue weighted by Gasteiger charge is -2.12. The van der Waals surface area contributed by atoms with Crippen molar-refractivity contribution in [2.75, 3.05) is 20.8 Å². The van der Waals surface area contributed by atoms with Crippen LogP contribution in [0.25, 0.3) is 0 Å². The monoisotopic (exact) mass is 348 g/mol. The first-order valence-corrected chi connectivity index (χ1v) is 8.68. The number of thiazole rings is 1. The number of benzene rings is 1. The smallest absolute Gasteiger partial charge is 0.191 e. The Balaban J connectivity index is 2.03. The predicted octanol–water partition coefficient (Wildman–Crippen LogP) is 2.72. The third-order valence-electron chi connectivity index (χ3n) is 3.47. The van der Waals surface area contributed by atoms with Gasteiger partial charge in [0.1, 0.15) is 0 Å². The lowest BCUT2D eigenvalue weighted by atomic mass is 10.2. The topological polar surface area (TPSA) is 67.8 Å². The molecule has 2 rings (SSSR count). The molecule has 0 saturated carbocycles. The molecule has 1 aromatic heterocycles. The largest absolute Gasteiger partial charge is 0.493 e. The van der Waals surface area contributed by atoms with Gasteiger partial charge in [-0.25, -0.2) is 9.98 Å². The molecule has 0 bridgehead atoms. The van der Waals surface area contributed by atoms with Crippen molar-refractivity contribution < 1.29 is 9.47 Å². The SMILES string of the molecule is CCNC(=NCc1ccc(OC)c(OC)c1)NCc1scnc1C. The van der Waals surface area contributed by atoms with Crippen LogP contribution in [0.15, 0.2) is 28.7 Å². The molecule has 0 fully saturated rings. The van der Waals surface area contributed by atoms with Crippen molar-refractivity contribution in [3.63, 3.8) is 0 Å². The second kappa shape index (κ2) is 9.12. The van der Waals surface area contributed by atoms with E-state index in [0.717, 1.165) is 29.5 Å². The van der Waals surface area contributed by atoms with Crippen molar-refractivity contribution in [3.8, 4) is 11.5 Å². The molecule has 0 aliphatic heterocycles. The van der Waals surface area contributed by atoms with Crippen LogP contribution in [0, 0.1) is 6.92 Å². The highest BCUT2D eigenvalue weighted by Crippen LogP contribution is 2.27. The second-order valence-corrected chi connectivity index (χ2v) is 6.04. The quantitative estimate of drug-likeness (QED) is 0.595. The normalized spacial score (nSPS) is 11.2. The first-order chi connectivity index (χ1) is 11.7. The molecule has 0 aliphatic carbocycles. The zero-order valence-corrected chi connectivity index (χ0v) is 15.4. The number of nitrogens with one attached hydrogen (secondary N) is 2. The van der Waals surface area contributed by atoms with Crippen LogP contribution >= 0.6 is 11.3 Å². The average molecular weight is 348 g/mol. The third-order valence-corrected chi connectivity index (χ3v) is 4.41. The Morgan fingerprint density at radius 3 is 2.62 bits per heavy atom. The molecule has 1 heterocycles. The summed E-state index contributed by atoms with van der Waals surface area (Å²) in [5, 5.41) is 6.59. The fraction of sp³-hybridized carbons (Fsp3) is 0.412. The molecule has 0 spiro atoms. The number of aromatic nitrogens is 1. The number of hydrogen-bond donors (Lipinski definition) is 2. The Hall–Kier alpha value is -2.28. The van der Waals surface area contributed by atoms with Crippen LogP contribution in [-0.4, -0.2) is 31.7 Å². The van der Waals surface area contributed by atoms with Crippen molar-refractivity contribution in [2.45, 2.75) is 26.9 Å². The van der Waals surface area contributed by atoms with Gasteiger partial charge < -0.3 is 20.1 Å². The van der Waals surface area contributed by atoms with Crippen LogP contribution in [-0.2, 0) is 13.1 Å². The zero-order chi connectivity index (χ0) is 17.4. The van der Waals surface area contributed by atoms with Gasteiger partial charge in [-0.2, -0.15) is 0 Å². The fourth-order valence-electron chi connectivity index (χ4n) is 2.15. The molecular formula is C17H24N4O2S. The van der Waals surface area contributed by atoms with E-state index in [1.807, 2.05) is 37.6 Å². The van der Waals surface area contributed by atoms with E-state index in [1.165, 1.54) is 4.88 Å². The number of aryl methyl sites for hydroxylation is 1. The van der Waals surface area contributed by atoms with E-state index in [4.69, 9.17) is 9.47 Å². The summed E-state index contributed by atoms with van der Waals surface area (Å²) in [5.41, 5.74) is 3.97. The van der Waals surface area contributed by atoms with E-state index >= 15 is 0 Å². The van der Waals surface area contributed by atoms with Crippen molar-refractivity contribution >= 4 is 17.3 Å². The number of rotatable bonds is 7. The van der Waals surface area contributed by atoms with Crippen LogP contribution < -0.4 is 20.1 Å². The molecule has 24 heavy (non-hydrogen) atoms.